The van der Waals surface area contributed by atoms with E-state index >= 15 is 0 Å². The molecule has 0 heterocycles. The van der Waals surface area contributed by atoms with E-state index in [4.69, 9.17) is 9.47 Å². The van der Waals surface area contributed by atoms with Gasteiger partial charge in [-0.1, -0.05) is 32.0 Å². The summed E-state index contributed by atoms with van der Waals surface area (Å²) in [6, 6.07) is 9.43. The first-order valence-corrected chi connectivity index (χ1v) is 12.7. The smallest absolute Gasteiger partial charge is 0.338 e. The standard InChI is InChI=1S/C28H38O4/c1-18(29)31-21-13-15-27(2)20(17-21)9-10-22-23-11-12-25(28(23,3)16-14-24(22)27)32-26(30)19-7-5-4-6-8-19/h4-8,20-25H,9-17H2,1-3H3/t20-,21+,22+,23-,24+,25+,27-,28-/m1/s1. The van der Waals surface area contributed by atoms with Crippen molar-refractivity contribution in [1.82, 2.24) is 0 Å². The lowest BCUT2D eigenvalue weighted by atomic mass is 9.45. The van der Waals surface area contributed by atoms with E-state index in [1.807, 2.05) is 30.3 Å². The third-order valence-electron chi connectivity index (χ3n) is 10.1. The minimum Gasteiger partial charge on any atom is -0.463 e. The van der Waals surface area contributed by atoms with E-state index in [-0.39, 0.29) is 29.6 Å². The number of carbonyl (C=O) groups is 2. The highest BCUT2D eigenvalue weighted by atomic mass is 16.5. The second-order valence-electron chi connectivity index (χ2n) is 11.5. The predicted octanol–water partition coefficient (Wildman–Crippen LogP) is 6.19. The summed E-state index contributed by atoms with van der Waals surface area (Å²) in [6.07, 6.45) is 10.5. The van der Waals surface area contributed by atoms with Crippen LogP contribution < -0.4 is 0 Å². The van der Waals surface area contributed by atoms with Gasteiger partial charge in [0.15, 0.2) is 0 Å². The van der Waals surface area contributed by atoms with Crippen LogP contribution in [-0.4, -0.2) is 24.1 Å². The quantitative estimate of drug-likeness (QED) is 0.528. The Balaban J connectivity index is 1.30. The summed E-state index contributed by atoms with van der Waals surface area (Å²) in [7, 11) is 0. The number of hydrogen-bond acceptors (Lipinski definition) is 4. The summed E-state index contributed by atoms with van der Waals surface area (Å²) in [6.45, 7) is 6.46. The van der Waals surface area contributed by atoms with Gasteiger partial charge < -0.3 is 9.47 Å². The maximum atomic E-state index is 12.8. The van der Waals surface area contributed by atoms with Gasteiger partial charge in [0.2, 0.25) is 0 Å². The monoisotopic (exact) mass is 438 g/mol. The van der Waals surface area contributed by atoms with Gasteiger partial charge in [0, 0.05) is 12.3 Å². The summed E-state index contributed by atoms with van der Waals surface area (Å²) >= 11 is 0. The topological polar surface area (TPSA) is 52.6 Å². The number of carbonyl (C=O) groups excluding carboxylic acids is 2. The lowest BCUT2D eigenvalue weighted by molar-refractivity contribution is -0.161. The maximum Gasteiger partial charge on any atom is 0.338 e. The first kappa shape index (κ1) is 22.0. The van der Waals surface area contributed by atoms with Gasteiger partial charge in [-0.2, -0.15) is 0 Å². The van der Waals surface area contributed by atoms with Crippen LogP contribution in [0.1, 0.15) is 88.9 Å². The maximum absolute atomic E-state index is 12.8. The van der Waals surface area contributed by atoms with E-state index in [9.17, 15) is 9.59 Å². The van der Waals surface area contributed by atoms with Crippen molar-refractivity contribution in [3.8, 4) is 0 Å². The molecule has 32 heavy (non-hydrogen) atoms. The zero-order valence-electron chi connectivity index (χ0n) is 19.8. The average Bonchev–Trinajstić information content (AvgIpc) is 3.10. The highest BCUT2D eigenvalue weighted by Gasteiger charge is 2.61. The van der Waals surface area contributed by atoms with Crippen molar-refractivity contribution in [2.24, 2.45) is 34.5 Å². The molecular weight excluding hydrogens is 400 g/mol. The molecule has 0 unspecified atom stereocenters. The molecule has 0 aromatic heterocycles. The molecule has 4 nitrogen and oxygen atoms in total. The number of fused-ring (bicyclic) bond motifs is 5. The number of ether oxygens (including phenoxy) is 2. The number of hydrogen-bond donors (Lipinski definition) is 0. The minimum absolute atomic E-state index is 0.0337. The fourth-order valence-electron chi connectivity index (χ4n) is 8.48. The fourth-order valence-corrected chi connectivity index (χ4v) is 8.48. The van der Waals surface area contributed by atoms with E-state index in [2.05, 4.69) is 13.8 Å². The first-order chi connectivity index (χ1) is 15.3. The number of rotatable bonds is 3. The van der Waals surface area contributed by atoms with E-state index in [0.29, 0.717) is 22.8 Å². The lowest BCUT2D eigenvalue weighted by Crippen LogP contribution is -2.54. The SMILES string of the molecule is CC(=O)O[C@H]1CC[C@]2(C)[C@H](CC[C@H]3[C@H]4CC[C@H](OC(=O)c5ccccc5)[C@]4(C)CC[C@@H]32)C1. The Bertz CT molecular complexity index is 865. The molecule has 4 heteroatoms. The van der Waals surface area contributed by atoms with Gasteiger partial charge in [0.05, 0.1) is 5.56 Å². The van der Waals surface area contributed by atoms with Gasteiger partial charge in [-0.05, 0) is 99.0 Å². The van der Waals surface area contributed by atoms with Crippen LogP contribution >= 0.6 is 0 Å². The Kier molecular flexibility index (Phi) is 5.62. The van der Waals surface area contributed by atoms with Gasteiger partial charge in [0.25, 0.3) is 0 Å². The van der Waals surface area contributed by atoms with Gasteiger partial charge in [-0.3, -0.25) is 4.79 Å². The van der Waals surface area contributed by atoms with E-state index in [0.717, 1.165) is 37.5 Å². The van der Waals surface area contributed by atoms with Gasteiger partial charge >= 0.3 is 11.9 Å². The Labute approximate surface area is 192 Å². The van der Waals surface area contributed by atoms with E-state index in [1.54, 1.807) is 0 Å². The van der Waals surface area contributed by atoms with Crippen molar-refractivity contribution in [1.29, 1.82) is 0 Å². The zero-order chi connectivity index (χ0) is 22.5. The molecule has 4 aliphatic rings. The largest absolute Gasteiger partial charge is 0.463 e. The minimum atomic E-state index is -0.168. The Morgan fingerprint density at radius 1 is 0.844 bits per heavy atom. The van der Waals surface area contributed by atoms with Crippen LogP contribution in [0.5, 0.6) is 0 Å². The second kappa shape index (κ2) is 8.18. The van der Waals surface area contributed by atoms with Crippen molar-refractivity contribution in [3.63, 3.8) is 0 Å². The average molecular weight is 439 g/mol. The van der Waals surface area contributed by atoms with Crippen LogP contribution in [0, 0.1) is 34.5 Å². The van der Waals surface area contributed by atoms with Gasteiger partial charge in [-0.25, -0.2) is 4.79 Å². The highest BCUT2D eigenvalue weighted by molar-refractivity contribution is 5.89. The number of esters is 2. The molecule has 0 N–H and O–H groups in total. The van der Waals surface area contributed by atoms with Crippen LogP contribution in [0.4, 0.5) is 0 Å². The van der Waals surface area contributed by atoms with Crippen molar-refractivity contribution in [2.45, 2.75) is 90.8 Å². The second-order valence-corrected chi connectivity index (χ2v) is 11.5. The molecule has 1 aromatic rings. The Hall–Kier alpha value is -1.84. The van der Waals surface area contributed by atoms with E-state index < -0.39 is 0 Å². The molecule has 0 spiro atoms. The normalized spacial score (nSPS) is 42.8. The van der Waals surface area contributed by atoms with Crippen molar-refractivity contribution in [2.75, 3.05) is 0 Å². The van der Waals surface area contributed by atoms with E-state index in [1.165, 1.54) is 39.0 Å². The molecule has 0 saturated heterocycles. The van der Waals surface area contributed by atoms with Crippen molar-refractivity contribution in [3.05, 3.63) is 35.9 Å². The molecule has 1 aromatic carbocycles. The molecule has 4 saturated carbocycles. The van der Waals surface area contributed by atoms with Crippen LogP contribution in [0.3, 0.4) is 0 Å². The molecule has 174 valence electrons. The van der Waals surface area contributed by atoms with Crippen molar-refractivity contribution >= 4 is 11.9 Å². The molecule has 4 aliphatic carbocycles. The van der Waals surface area contributed by atoms with Crippen LogP contribution in [0.15, 0.2) is 30.3 Å². The Morgan fingerprint density at radius 2 is 1.56 bits per heavy atom. The summed E-state index contributed by atoms with van der Waals surface area (Å²) in [5.41, 5.74) is 1.12. The predicted molar refractivity (Wildman–Crippen MR) is 123 cm³/mol. The molecule has 0 bridgehead atoms. The third-order valence-corrected chi connectivity index (χ3v) is 10.1. The molecule has 0 aliphatic heterocycles. The number of benzene rings is 1. The van der Waals surface area contributed by atoms with Gasteiger partial charge in [0.1, 0.15) is 12.2 Å². The Morgan fingerprint density at radius 3 is 2.31 bits per heavy atom. The van der Waals surface area contributed by atoms with Crippen LogP contribution in [-0.2, 0) is 14.3 Å². The first-order valence-electron chi connectivity index (χ1n) is 12.7. The van der Waals surface area contributed by atoms with Gasteiger partial charge in [-0.15, -0.1) is 0 Å². The molecule has 8 atom stereocenters. The van der Waals surface area contributed by atoms with Crippen LogP contribution in [0.2, 0.25) is 0 Å². The lowest BCUT2D eigenvalue weighted by Gasteiger charge is -2.60. The summed E-state index contributed by atoms with van der Waals surface area (Å²) in [5.74, 6) is 2.50. The molecular formula is C28H38O4. The molecule has 0 amide bonds. The summed E-state index contributed by atoms with van der Waals surface area (Å²) in [4.78, 5) is 24.3. The third kappa shape index (κ3) is 3.58. The highest BCUT2D eigenvalue weighted by Crippen LogP contribution is 2.66. The zero-order valence-corrected chi connectivity index (χ0v) is 19.8. The molecule has 4 fully saturated rings. The van der Waals surface area contributed by atoms with Crippen molar-refractivity contribution < 1.29 is 19.1 Å². The molecule has 0 radical (unpaired) electrons. The van der Waals surface area contributed by atoms with Crippen LogP contribution in [0.25, 0.3) is 0 Å². The fraction of sp³-hybridized carbons (Fsp3) is 0.714. The molecule has 5 rings (SSSR count). The summed E-state index contributed by atoms with van der Waals surface area (Å²) < 4.78 is 11.8. The summed E-state index contributed by atoms with van der Waals surface area (Å²) in [5, 5.41) is 0.